The van der Waals surface area contributed by atoms with Crippen molar-refractivity contribution in [1.82, 2.24) is 14.5 Å². The second kappa shape index (κ2) is 13.3. The highest BCUT2D eigenvalue weighted by molar-refractivity contribution is 7.89. The second-order valence-electron chi connectivity index (χ2n) is 8.93. The molecule has 8 nitrogen and oxygen atoms in total. The molecular formula is C26H37N3O5S. The van der Waals surface area contributed by atoms with E-state index in [0.29, 0.717) is 24.6 Å². The molecule has 0 aliphatic carbocycles. The predicted octanol–water partition coefficient (Wildman–Crippen LogP) is 3.29. The topological polar surface area (TPSA) is 96.0 Å². The fourth-order valence-corrected chi connectivity index (χ4v) is 4.68. The van der Waals surface area contributed by atoms with E-state index in [4.69, 9.17) is 4.74 Å². The minimum absolute atomic E-state index is 0.118. The first-order valence-corrected chi connectivity index (χ1v) is 13.2. The van der Waals surface area contributed by atoms with Gasteiger partial charge in [-0.3, -0.25) is 9.59 Å². The Kier molecular flexibility index (Phi) is 10.7. The number of carbonyl (C=O) groups excluding carboxylic acids is 2. The molecule has 2 aromatic carbocycles. The lowest BCUT2D eigenvalue weighted by molar-refractivity contribution is -0.140. The number of amides is 2. The Morgan fingerprint density at radius 1 is 1.00 bits per heavy atom. The predicted molar refractivity (Wildman–Crippen MR) is 136 cm³/mol. The zero-order valence-electron chi connectivity index (χ0n) is 21.2. The van der Waals surface area contributed by atoms with Gasteiger partial charge in [-0.15, -0.1) is 0 Å². The number of nitrogens with one attached hydrogen (secondary N) is 1. The van der Waals surface area contributed by atoms with Gasteiger partial charge in [0, 0.05) is 33.1 Å². The van der Waals surface area contributed by atoms with E-state index in [-0.39, 0.29) is 36.2 Å². The molecule has 0 heterocycles. The van der Waals surface area contributed by atoms with E-state index in [1.807, 2.05) is 38.1 Å². The van der Waals surface area contributed by atoms with Crippen molar-refractivity contribution in [2.75, 3.05) is 27.2 Å². The van der Waals surface area contributed by atoms with Gasteiger partial charge in [-0.25, -0.2) is 12.7 Å². The molecule has 35 heavy (non-hydrogen) atoms. The van der Waals surface area contributed by atoms with Gasteiger partial charge in [0.1, 0.15) is 11.8 Å². The molecule has 0 aliphatic rings. The third-order valence-corrected chi connectivity index (χ3v) is 7.55. The van der Waals surface area contributed by atoms with Crippen molar-refractivity contribution in [3.8, 4) is 5.75 Å². The van der Waals surface area contributed by atoms with E-state index >= 15 is 0 Å². The number of methoxy groups -OCH3 is 1. The van der Waals surface area contributed by atoms with Gasteiger partial charge >= 0.3 is 0 Å². The van der Waals surface area contributed by atoms with E-state index in [9.17, 15) is 18.0 Å². The monoisotopic (exact) mass is 503 g/mol. The van der Waals surface area contributed by atoms with E-state index in [2.05, 4.69) is 5.32 Å². The van der Waals surface area contributed by atoms with Crippen LogP contribution >= 0.6 is 0 Å². The van der Waals surface area contributed by atoms with Crippen LogP contribution < -0.4 is 10.1 Å². The minimum Gasteiger partial charge on any atom is -0.497 e. The largest absolute Gasteiger partial charge is 0.497 e. The van der Waals surface area contributed by atoms with Crippen LogP contribution in [0.15, 0.2) is 59.5 Å². The van der Waals surface area contributed by atoms with Gasteiger partial charge in [0.15, 0.2) is 0 Å². The van der Waals surface area contributed by atoms with E-state index in [1.165, 1.54) is 11.4 Å². The van der Waals surface area contributed by atoms with Crippen LogP contribution in [0.3, 0.4) is 0 Å². The summed E-state index contributed by atoms with van der Waals surface area (Å²) in [6, 6.07) is 14.9. The summed E-state index contributed by atoms with van der Waals surface area (Å²) < 4.78 is 31.9. The van der Waals surface area contributed by atoms with Crippen molar-refractivity contribution in [2.24, 2.45) is 5.92 Å². The van der Waals surface area contributed by atoms with Crippen molar-refractivity contribution in [3.05, 3.63) is 60.2 Å². The summed E-state index contributed by atoms with van der Waals surface area (Å²) in [5, 5.41) is 2.89. The third kappa shape index (κ3) is 8.36. The number of ether oxygens (including phenoxy) is 1. The summed E-state index contributed by atoms with van der Waals surface area (Å²) in [5.74, 6) is 0.568. The van der Waals surface area contributed by atoms with Crippen LogP contribution in [-0.2, 0) is 26.2 Å². The lowest BCUT2D eigenvalue weighted by Crippen LogP contribution is -2.48. The van der Waals surface area contributed by atoms with Gasteiger partial charge in [0.05, 0.1) is 12.0 Å². The molecule has 1 atom stereocenters. The van der Waals surface area contributed by atoms with Crippen molar-refractivity contribution < 1.29 is 22.7 Å². The molecule has 0 aliphatic heterocycles. The van der Waals surface area contributed by atoms with Gasteiger partial charge in [0.25, 0.3) is 0 Å². The van der Waals surface area contributed by atoms with Crippen LogP contribution in [0.1, 0.15) is 39.2 Å². The maximum atomic E-state index is 13.2. The highest BCUT2D eigenvalue weighted by Crippen LogP contribution is 2.17. The fourth-order valence-electron chi connectivity index (χ4n) is 3.45. The average molecular weight is 504 g/mol. The number of sulfonamides is 1. The molecule has 0 fully saturated rings. The molecule has 1 N–H and O–H groups in total. The molecule has 0 saturated carbocycles. The Hall–Kier alpha value is -2.91. The quantitative estimate of drug-likeness (QED) is 0.453. The number of nitrogens with zero attached hydrogens (tertiary/aromatic N) is 2. The van der Waals surface area contributed by atoms with Crippen LogP contribution in [0.5, 0.6) is 5.75 Å². The maximum Gasteiger partial charge on any atom is 0.242 e. The molecule has 0 spiro atoms. The number of hydrogen-bond acceptors (Lipinski definition) is 5. The van der Waals surface area contributed by atoms with Crippen LogP contribution in [-0.4, -0.2) is 62.7 Å². The Morgan fingerprint density at radius 2 is 1.63 bits per heavy atom. The molecule has 2 amide bonds. The van der Waals surface area contributed by atoms with Gasteiger partial charge in [-0.05, 0) is 49.1 Å². The van der Waals surface area contributed by atoms with E-state index in [0.717, 1.165) is 5.56 Å². The molecule has 0 saturated heterocycles. The first kappa shape index (κ1) is 28.3. The summed E-state index contributed by atoms with van der Waals surface area (Å²) in [7, 11) is -0.537. The lowest BCUT2D eigenvalue weighted by atomic mass is 10.1. The summed E-state index contributed by atoms with van der Waals surface area (Å²) in [6.07, 6.45) is 0.452. The van der Waals surface area contributed by atoms with Crippen molar-refractivity contribution in [3.63, 3.8) is 0 Å². The zero-order chi connectivity index (χ0) is 26.0. The van der Waals surface area contributed by atoms with Gasteiger partial charge in [-0.1, -0.05) is 44.2 Å². The van der Waals surface area contributed by atoms with Gasteiger partial charge < -0.3 is 15.0 Å². The van der Waals surface area contributed by atoms with Crippen molar-refractivity contribution in [1.29, 1.82) is 0 Å². The fraction of sp³-hybridized carbons (Fsp3) is 0.462. The summed E-state index contributed by atoms with van der Waals surface area (Å²) in [4.78, 5) is 27.7. The molecule has 0 radical (unpaired) electrons. The smallest absolute Gasteiger partial charge is 0.242 e. The molecular weight excluding hydrogens is 466 g/mol. The summed E-state index contributed by atoms with van der Waals surface area (Å²) in [5.41, 5.74) is 0.867. The number of rotatable bonds is 13. The molecule has 9 heteroatoms. The van der Waals surface area contributed by atoms with Crippen molar-refractivity contribution in [2.45, 2.75) is 51.1 Å². The number of benzene rings is 2. The molecule has 2 rings (SSSR count). The van der Waals surface area contributed by atoms with Crippen LogP contribution in [0.2, 0.25) is 0 Å². The van der Waals surface area contributed by atoms with E-state index in [1.54, 1.807) is 49.3 Å². The molecule has 192 valence electrons. The summed E-state index contributed by atoms with van der Waals surface area (Å²) in [6.45, 7) is 6.69. The Balaban J connectivity index is 2.08. The lowest BCUT2D eigenvalue weighted by Gasteiger charge is -2.29. The minimum atomic E-state index is -3.63. The zero-order valence-corrected chi connectivity index (χ0v) is 22.0. The third-order valence-electron chi connectivity index (χ3n) is 5.68. The standard InChI is InChI=1S/C26H37N3O5S/c1-20(2)18-27-26(31)21(3)29(19-22-13-15-23(34-5)16-14-22)25(30)12-9-17-28(4)35(32,33)24-10-7-6-8-11-24/h6-8,10-11,13-16,20-21H,9,12,17-19H2,1-5H3,(H,27,31). The first-order valence-electron chi connectivity index (χ1n) is 11.8. The molecule has 2 aromatic rings. The average Bonchev–Trinajstić information content (AvgIpc) is 2.86. The highest BCUT2D eigenvalue weighted by Gasteiger charge is 2.27. The van der Waals surface area contributed by atoms with Crippen LogP contribution in [0, 0.1) is 5.92 Å². The molecule has 1 unspecified atom stereocenters. The number of carbonyl (C=O) groups is 2. The van der Waals surface area contributed by atoms with Crippen molar-refractivity contribution >= 4 is 21.8 Å². The number of hydrogen-bond donors (Lipinski definition) is 1. The Bertz CT molecular complexity index is 1060. The first-order chi connectivity index (χ1) is 16.6. The second-order valence-corrected chi connectivity index (χ2v) is 11.0. The van der Waals surface area contributed by atoms with Gasteiger partial charge in [0.2, 0.25) is 21.8 Å². The Morgan fingerprint density at radius 3 is 2.20 bits per heavy atom. The summed E-state index contributed by atoms with van der Waals surface area (Å²) >= 11 is 0. The molecule has 0 bridgehead atoms. The van der Waals surface area contributed by atoms with E-state index < -0.39 is 16.1 Å². The van der Waals surface area contributed by atoms with Crippen LogP contribution in [0.4, 0.5) is 0 Å². The van der Waals surface area contributed by atoms with Gasteiger partial charge in [-0.2, -0.15) is 0 Å². The normalized spacial score (nSPS) is 12.4. The van der Waals surface area contributed by atoms with Crippen LogP contribution in [0.25, 0.3) is 0 Å². The Labute approximate surface area is 209 Å². The SMILES string of the molecule is COc1ccc(CN(C(=O)CCCN(C)S(=O)(=O)c2ccccc2)C(C)C(=O)NCC(C)C)cc1. The maximum absolute atomic E-state index is 13.2. The molecule has 0 aromatic heterocycles. The highest BCUT2D eigenvalue weighted by atomic mass is 32.2.